The quantitative estimate of drug-likeness (QED) is 0.217. The molecule has 3 aromatic carbocycles. The van der Waals surface area contributed by atoms with Gasteiger partial charge in [0.15, 0.2) is 11.9 Å². The number of unbranched alkanes of at least 4 members (excludes halogenated alkanes) is 1. The molecule has 0 bridgehead atoms. The fourth-order valence-corrected chi connectivity index (χ4v) is 4.91. The lowest BCUT2D eigenvalue weighted by Crippen LogP contribution is -2.24. The largest absolute Gasteiger partial charge is 0.481 e. The molecule has 0 fully saturated rings. The summed E-state index contributed by atoms with van der Waals surface area (Å²) < 4.78 is 20.5. The van der Waals surface area contributed by atoms with Gasteiger partial charge in [0.05, 0.1) is 27.8 Å². The van der Waals surface area contributed by atoms with Gasteiger partial charge in [-0.3, -0.25) is 14.2 Å². The molecule has 210 valence electrons. The van der Waals surface area contributed by atoms with Crippen molar-refractivity contribution in [3.63, 3.8) is 0 Å². The third-order valence-corrected chi connectivity index (χ3v) is 7.06. The Morgan fingerprint density at radius 2 is 1.74 bits per heavy atom. The second-order valence-corrected chi connectivity index (χ2v) is 9.92. The van der Waals surface area contributed by atoms with E-state index in [0.717, 1.165) is 10.9 Å². The van der Waals surface area contributed by atoms with E-state index in [1.165, 1.54) is 28.8 Å². The fourth-order valence-electron chi connectivity index (χ4n) is 4.91. The van der Waals surface area contributed by atoms with Crippen molar-refractivity contribution in [1.82, 2.24) is 19.7 Å². The van der Waals surface area contributed by atoms with Gasteiger partial charge in [0.2, 0.25) is 0 Å². The lowest BCUT2D eigenvalue weighted by Gasteiger charge is -2.14. The number of carboxylic acids is 1. The number of halogens is 1. The fraction of sp³-hybridized carbons (Fsp3) is 0.156. The van der Waals surface area contributed by atoms with Gasteiger partial charge in [-0.2, -0.15) is 0 Å². The second kappa shape index (κ2) is 11.3. The predicted octanol–water partition coefficient (Wildman–Crippen LogP) is 5.61. The molecule has 42 heavy (non-hydrogen) atoms. The van der Waals surface area contributed by atoms with Gasteiger partial charge in [-0.1, -0.05) is 35.5 Å². The van der Waals surface area contributed by atoms with E-state index in [-0.39, 0.29) is 17.7 Å². The smallest absolute Gasteiger partial charge is 0.303 e. The molecule has 0 aliphatic heterocycles. The van der Waals surface area contributed by atoms with Crippen molar-refractivity contribution in [2.75, 3.05) is 0 Å². The van der Waals surface area contributed by atoms with E-state index in [1.807, 2.05) is 30.3 Å². The first-order chi connectivity index (χ1) is 20.4. The van der Waals surface area contributed by atoms with E-state index in [2.05, 4.69) is 10.1 Å². The number of aliphatic hydroxyl groups is 1. The van der Waals surface area contributed by atoms with Gasteiger partial charge in [-0.25, -0.2) is 14.4 Å². The summed E-state index contributed by atoms with van der Waals surface area (Å²) >= 11 is 0. The van der Waals surface area contributed by atoms with Crippen molar-refractivity contribution in [3.8, 4) is 16.9 Å². The Morgan fingerprint density at radius 3 is 2.55 bits per heavy atom. The zero-order chi connectivity index (χ0) is 29.2. The Kier molecular flexibility index (Phi) is 7.28. The molecule has 0 spiro atoms. The number of aliphatic hydroxyl groups excluding tert-OH is 1. The molecule has 1 unspecified atom stereocenters. The van der Waals surface area contributed by atoms with Gasteiger partial charge >= 0.3 is 5.97 Å². The zero-order valence-electron chi connectivity index (χ0n) is 22.3. The monoisotopic (exact) mass is 564 g/mol. The summed E-state index contributed by atoms with van der Waals surface area (Å²) in [6, 6.07) is 23.5. The number of pyridine rings is 1. The highest BCUT2D eigenvalue weighted by Gasteiger charge is 2.20. The molecule has 10 heteroatoms. The Labute approximate surface area is 238 Å². The second-order valence-electron chi connectivity index (χ2n) is 9.92. The highest BCUT2D eigenvalue weighted by Crippen LogP contribution is 2.28. The number of carbonyl (C=O) groups is 1. The molecule has 6 aromatic rings. The first-order valence-corrected chi connectivity index (χ1v) is 13.4. The number of nitrogens with zero attached hydrogens (tertiary/aromatic N) is 4. The maximum absolute atomic E-state index is 13.6. The van der Waals surface area contributed by atoms with Gasteiger partial charge in [-0.05, 0) is 61.4 Å². The number of carboxylic acid groups (broad SMARTS) is 1. The Hall–Kier alpha value is -5.22. The molecule has 0 aliphatic rings. The molecule has 3 aromatic heterocycles. The maximum Gasteiger partial charge on any atom is 0.303 e. The Bertz CT molecular complexity index is 1980. The minimum Gasteiger partial charge on any atom is -0.481 e. The van der Waals surface area contributed by atoms with Crippen molar-refractivity contribution >= 4 is 27.8 Å². The molecule has 3 heterocycles. The number of para-hydroxylation sites is 1. The summed E-state index contributed by atoms with van der Waals surface area (Å²) in [5.41, 5.74) is 2.80. The topological polar surface area (TPSA) is 131 Å². The van der Waals surface area contributed by atoms with Crippen LogP contribution in [0.5, 0.6) is 0 Å². The molecule has 0 saturated heterocycles. The first kappa shape index (κ1) is 27.0. The lowest BCUT2D eigenvalue weighted by atomic mass is 10.1. The number of hydrogen-bond donors (Lipinski definition) is 2. The van der Waals surface area contributed by atoms with E-state index < -0.39 is 17.9 Å². The van der Waals surface area contributed by atoms with E-state index in [1.54, 1.807) is 30.3 Å². The van der Waals surface area contributed by atoms with E-state index in [4.69, 9.17) is 14.6 Å². The molecule has 0 saturated carbocycles. The predicted molar refractivity (Wildman–Crippen MR) is 154 cm³/mol. The molecule has 6 rings (SSSR count). The lowest BCUT2D eigenvalue weighted by molar-refractivity contribution is -0.137. The standard InChI is InChI=1S/C32H25FN4O5/c33-21-11-13-22(14-12-21)37-29(7-3-4-8-30(38)39)35-27-17-20(9-15-23(27)32(37)41)26-18-28(42-36-26)31(40)25-16-10-19-5-1-2-6-24(19)34-25/h1-2,5-6,9-18,31,40H,3-4,7-8H2,(H,38,39). The summed E-state index contributed by atoms with van der Waals surface area (Å²) in [5.74, 6) is -0.677. The van der Waals surface area contributed by atoms with Crippen molar-refractivity contribution < 1.29 is 23.9 Å². The number of benzene rings is 3. The van der Waals surface area contributed by atoms with Crippen LogP contribution in [0.15, 0.2) is 94.2 Å². The Balaban J connectivity index is 1.35. The minimum atomic E-state index is -1.13. The SMILES string of the molecule is O=C(O)CCCCc1nc2cc(-c3cc(C(O)c4ccc5ccccc5n4)on3)ccc2c(=O)n1-c1ccc(F)cc1. The van der Waals surface area contributed by atoms with E-state index in [9.17, 15) is 19.1 Å². The molecule has 2 N–H and O–H groups in total. The maximum atomic E-state index is 13.6. The molecule has 9 nitrogen and oxygen atoms in total. The highest BCUT2D eigenvalue weighted by molar-refractivity contribution is 5.83. The minimum absolute atomic E-state index is 0.00752. The van der Waals surface area contributed by atoms with Crippen LogP contribution in [0.1, 0.15) is 42.6 Å². The number of aryl methyl sites for hydroxylation is 1. The molecule has 0 amide bonds. The van der Waals surface area contributed by atoms with Crippen LogP contribution in [0, 0.1) is 5.82 Å². The molecule has 1 atom stereocenters. The zero-order valence-corrected chi connectivity index (χ0v) is 22.3. The third-order valence-electron chi connectivity index (χ3n) is 7.06. The first-order valence-electron chi connectivity index (χ1n) is 13.4. The average Bonchev–Trinajstić information content (AvgIpc) is 3.50. The number of fused-ring (bicyclic) bond motifs is 2. The summed E-state index contributed by atoms with van der Waals surface area (Å²) in [7, 11) is 0. The van der Waals surface area contributed by atoms with Gasteiger partial charge < -0.3 is 14.7 Å². The van der Waals surface area contributed by atoms with Crippen molar-refractivity contribution in [2.24, 2.45) is 0 Å². The molecule has 0 aliphatic carbocycles. The van der Waals surface area contributed by atoms with E-state index >= 15 is 0 Å². The van der Waals surface area contributed by atoms with Crippen molar-refractivity contribution in [1.29, 1.82) is 0 Å². The number of aliphatic carboxylic acids is 1. The van der Waals surface area contributed by atoms with Crippen LogP contribution in [0.25, 0.3) is 38.8 Å². The summed E-state index contributed by atoms with van der Waals surface area (Å²) in [5, 5.41) is 25.4. The highest BCUT2D eigenvalue weighted by atomic mass is 19.1. The van der Waals surface area contributed by atoms with Crippen molar-refractivity contribution in [3.05, 3.63) is 118 Å². The average molecular weight is 565 g/mol. The van der Waals surface area contributed by atoms with Gasteiger partial charge in [0.25, 0.3) is 5.56 Å². The molecular weight excluding hydrogens is 539 g/mol. The van der Waals surface area contributed by atoms with Crippen LogP contribution in [-0.4, -0.2) is 35.9 Å². The number of hydrogen-bond acceptors (Lipinski definition) is 7. The van der Waals surface area contributed by atoms with Crippen LogP contribution in [0.3, 0.4) is 0 Å². The van der Waals surface area contributed by atoms with Gasteiger partial charge in [-0.15, -0.1) is 0 Å². The summed E-state index contributed by atoms with van der Waals surface area (Å²) in [4.78, 5) is 33.9. The van der Waals surface area contributed by atoms with Gasteiger partial charge in [0, 0.05) is 29.9 Å². The van der Waals surface area contributed by atoms with Crippen molar-refractivity contribution in [2.45, 2.75) is 31.8 Å². The van der Waals surface area contributed by atoms with E-state index in [0.29, 0.717) is 58.6 Å². The van der Waals surface area contributed by atoms with Crippen LogP contribution in [0.4, 0.5) is 4.39 Å². The van der Waals surface area contributed by atoms with Crippen LogP contribution < -0.4 is 5.56 Å². The number of rotatable bonds is 9. The van der Waals surface area contributed by atoms with Crippen LogP contribution >= 0.6 is 0 Å². The third kappa shape index (κ3) is 5.39. The summed E-state index contributed by atoms with van der Waals surface area (Å²) in [6.07, 6.45) is 0.142. The number of aromatic nitrogens is 4. The molecule has 0 radical (unpaired) electrons. The Morgan fingerprint density at radius 1 is 0.929 bits per heavy atom. The molecular formula is C32H25FN4O5. The van der Waals surface area contributed by atoms with Gasteiger partial charge in [0.1, 0.15) is 17.3 Å². The van der Waals surface area contributed by atoms with Crippen LogP contribution in [0.2, 0.25) is 0 Å². The van der Waals surface area contributed by atoms with Crippen LogP contribution in [-0.2, 0) is 11.2 Å². The summed E-state index contributed by atoms with van der Waals surface area (Å²) in [6.45, 7) is 0. The normalized spacial score (nSPS) is 12.1.